The predicted molar refractivity (Wildman–Crippen MR) is 125 cm³/mol. The van der Waals surface area contributed by atoms with Gasteiger partial charge in [0.15, 0.2) is 5.96 Å². The molecule has 1 aromatic carbocycles. The third kappa shape index (κ3) is 9.06. The summed E-state index contributed by atoms with van der Waals surface area (Å²) < 4.78 is 30.9. The van der Waals surface area contributed by atoms with Crippen molar-refractivity contribution in [3.05, 3.63) is 35.9 Å². The van der Waals surface area contributed by atoms with Crippen molar-refractivity contribution < 1.29 is 13.2 Å². The number of halogens is 1. The van der Waals surface area contributed by atoms with E-state index in [9.17, 15) is 8.42 Å². The Balaban J connectivity index is 0.00000392. The molecule has 1 aromatic rings. The highest BCUT2D eigenvalue weighted by Gasteiger charge is 2.27. The fraction of sp³-hybridized carbons (Fsp3) is 0.632. The second-order valence-electron chi connectivity index (χ2n) is 6.82. The minimum atomic E-state index is -3.04. The molecule has 1 aliphatic rings. The number of nitrogens with one attached hydrogen (secondary N) is 2. The van der Waals surface area contributed by atoms with Gasteiger partial charge in [0.25, 0.3) is 0 Å². The van der Waals surface area contributed by atoms with E-state index in [2.05, 4.69) is 34.7 Å². The van der Waals surface area contributed by atoms with Crippen molar-refractivity contribution in [3.8, 4) is 0 Å². The number of benzene rings is 1. The highest BCUT2D eigenvalue weighted by atomic mass is 127. The molecule has 1 aliphatic heterocycles. The normalized spacial score (nSPS) is 17.7. The zero-order valence-corrected chi connectivity index (χ0v) is 19.9. The lowest BCUT2D eigenvalue weighted by atomic mass is 10.2. The number of hydrogen-bond acceptors (Lipinski definition) is 4. The monoisotopic (exact) mass is 524 g/mol. The molecule has 7 nitrogen and oxygen atoms in total. The summed E-state index contributed by atoms with van der Waals surface area (Å²) in [5.41, 5.74) is 1.17. The lowest BCUT2D eigenvalue weighted by molar-refractivity contribution is 0.0945. The van der Waals surface area contributed by atoms with Crippen LogP contribution < -0.4 is 10.6 Å². The first-order chi connectivity index (χ1) is 13.0. The topological polar surface area (TPSA) is 83.0 Å². The first-order valence-electron chi connectivity index (χ1n) is 9.63. The standard InChI is InChI=1S/C19H32N4O3S.HI/c1-3-20-19(21-10-12-23-11-7-13-27(23,24)25)22-14-17(2)15-26-16-18-8-5-4-6-9-18;/h4-6,8-9,17H,3,7,10-16H2,1-2H3,(H2,20,21,22);1H. The Morgan fingerprint density at radius 1 is 1.29 bits per heavy atom. The van der Waals surface area contributed by atoms with E-state index in [0.717, 1.165) is 13.0 Å². The van der Waals surface area contributed by atoms with Gasteiger partial charge in [-0.2, -0.15) is 0 Å². The van der Waals surface area contributed by atoms with Crippen molar-refractivity contribution >= 4 is 40.0 Å². The van der Waals surface area contributed by atoms with E-state index < -0.39 is 10.0 Å². The molecule has 9 heteroatoms. The van der Waals surface area contributed by atoms with Gasteiger partial charge in [0.05, 0.1) is 19.0 Å². The zero-order chi connectivity index (χ0) is 19.5. The lowest BCUT2D eigenvalue weighted by Gasteiger charge is -2.17. The van der Waals surface area contributed by atoms with E-state index in [1.807, 2.05) is 25.1 Å². The Hall–Kier alpha value is -0.910. The third-order valence-electron chi connectivity index (χ3n) is 4.28. The van der Waals surface area contributed by atoms with Crippen molar-refractivity contribution in [2.24, 2.45) is 10.9 Å². The van der Waals surface area contributed by atoms with E-state index in [1.54, 1.807) is 4.31 Å². The van der Waals surface area contributed by atoms with E-state index in [-0.39, 0.29) is 29.7 Å². The second-order valence-corrected chi connectivity index (χ2v) is 8.91. The third-order valence-corrected chi connectivity index (χ3v) is 6.23. The largest absolute Gasteiger partial charge is 0.376 e. The van der Waals surface area contributed by atoms with Crippen molar-refractivity contribution in [1.29, 1.82) is 0 Å². The minimum Gasteiger partial charge on any atom is -0.376 e. The highest BCUT2D eigenvalue weighted by molar-refractivity contribution is 14.0. The van der Waals surface area contributed by atoms with Crippen LogP contribution in [0.1, 0.15) is 25.8 Å². The van der Waals surface area contributed by atoms with Crippen LogP contribution in [0.15, 0.2) is 35.3 Å². The molecule has 2 N–H and O–H groups in total. The fourth-order valence-electron chi connectivity index (χ4n) is 2.84. The molecule has 0 spiro atoms. The maximum atomic E-state index is 11.8. The molecule has 1 unspecified atom stereocenters. The van der Waals surface area contributed by atoms with Crippen LogP contribution in [0.25, 0.3) is 0 Å². The molecule has 28 heavy (non-hydrogen) atoms. The number of guanidine groups is 1. The van der Waals surface area contributed by atoms with E-state index >= 15 is 0 Å². The smallest absolute Gasteiger partial charge is 0.214 e. The van der Waals surface area contributed by atoms with Crippen molar-refractivity contribution in [2.45, 2.75) is 26.9 Å². The van der Waals surface area contributed by atoms with Gasteiger partial charge in [0.2, 0.25) is 10.0 Å². The van der Waals surface area contributed by atoms with Crippen LogP contribution in [0.5, 0.6) is 0 Å². The summed E-state index contributed by atoms with van der Waals surface area (Å²) in [5.74, 6) is 1.27. The Morgan fingerprint density at radius 3 is 2.68 bits per heavy atom. The Kier molecular flexibility index (Phi) is 12.0. The maximum absolute atomic E-state index is 11.8. The summed E-state index contributed by atoms with van der Waals surface area (Å²) in [6.07, 6.45) is 0.719. The summed E-state index contributed by atoms with van der Waals surface area (Å²) in [4.78, 5) is 4.59. The zero-order valence-electron chi connectivity index (χ0n) is 16.8. The highest BCUT2D eigenvalue weighted by Crippen LogP contribution is 2.11. The van der Waals surface area contributed by atoms with Crippen LogP contribution in [0.4, 0.5) is 0 Å². The van der Waals surface area contributed by atoms with E-state index in [4.69, 9.17) is 4.74 Å². The van der Waals surface area contributed by atoms with Gasteiger partial charge in [-0.05, 0) is 24.8 Å². The molecule has 0 radical (unpaired) electrons. The van der Waals surface area contributed by atoms with Crippen LogP contribution in [-0.4, -0.2) is 63.8 Å². The number of hydrogen-bond donors (Lipinski definition) is 2. The molecule has 0 saturated carbocycles. The average Bonchev–Trinajstić information content (AvgIpc) is 2.99. The molecule has 0 bridgehead atoms. The Morgan fingerprint density at radius 2 is 2.04 bits per heavy atom. The van der Waals surface area contributed by atoms with Gasteiger partial charge in [0, 0.05) is 32.7 Å². The molecule has 1 fully saturated rings. The van der Waals surface area contributed by atoms with Crippen LogP contribution >= 0.6 is 24.0 Å². The fourth-order valence-corrected chi connectivity index (χ4v) is 4.36. The van der Waals surface area contributed by atoms with Crippen molar-refractivity contribution in [2.75, 3.05) is 45.1 Å². The average molecular weight is 524 g/mol. The summed E-state index contributed by atoms with van der Waals surface area (Å²) in [6.45, 7) is 8.41. The Labute approximate surface area is 186 Å². The first kappa shape index (κ1) is 25.1. The molecular formula is C19H33IN4O3S. The molecule has 2 rings (SSSR count). The number of sulfonamides is 1. The Bertz CT molecular complexity index is 686. The van der Waals surface area contributed by atoms with Crippen LogP contribution in [0.3, 0.4) is 0 Å². The number of rotatable bonds is 10. The molecule has 0 aromatic heterocycles. The van der Waals surface area contributed by atoms with Gasteiger partial charge in [0.1, 0.15) is 0 Å². The minimum absolute atomic E-state index is 0. The molecule has 0 amide bonds. The molecule has 1 saturated heterocycles. The SMILES string of the molecule is CCNC(=NCC(C)COCc1ccccc1)NCCN1CCCS1(=O)=O.I. The molecule has 1 heterocycles. The van der Waals surface area contributed by atoms with Gasteiger partial charge in [-0.1, -0.05) is 37.3 Å². The quantitative estimate of drug-likeness (QED) is 0.278. The summed E-state index contributed by atoms with van der Waals surface area (Å²) in [7, 11) is -3.04. The summed E-state index contributed by atoms with van der Waals surface area (Å²) in [5, 5.41) is 6.41. The van der Waals surface area contributed by atoms with Crippen molar-refractivity contribution in [1.82, 2.24) is 14.9 Å². The summed E-state index contributed by atoms with van der Waals surface area (Å²) in [6, 6.07) is 10.1. The van der Waals surface area contributed by atoms with E-state index in [1.165, 1.54) is 5.56 Å². The van der Waals surface area contributed by atoms with Crippen LogP contribution in [-0.2, 0) is 21.4 Å². The van der Waals surface area contributed by atoms with Crippen LogP contribution in [0, 0.1) is 5.92 Å². The predicted octanol–water partition coefficient (Wildman–Crippen LogP) is 2.05. The van der Waals surface area contributed by atoms with Gasteiger partial charge < -0.3 is 15.4 Å². The lowest BCUT2D eigenvalue weighted by Crippen LogP contribution is -2.42. The maximum Gasteiger partial charge on any atom is 0.214 e. The number of ether oxygens (including phenoxy) is 1. The molecule has 0 aliphatic carbocycles. The van der Waals surface area contributed by atoms with E-state index in [0.29, 0.717) is 51.3 Å². The molecular weight excluding hydrogens is 491 g/mol. The van der Waals surface area contributed by atoms with Crippen molar-refractivity contribution in [3.63, 3.8) is 0 Å². The number of nitrogens with zero attached hydrogens (tertiary/aromatic N) is 2. The second kappa shape index (κ2) is 13.3. The van der Waals surface area contributed by atoms with Crippen LogP contribution in [0.2, 0.25) is 0 Å². The van der Waals surface area contributed by atoms with Gasteiger partial charge in [-0.15, -0.1) is 24.0 Å². The van der Waals surface area contributed by atoms with Gasteiger partial charge >= 0.3 is 0 Å². The molecule has 160 valence electrons. The molecule has 1 atom stereocenters. The number of aliphatic imine (C=N–C) groups is 1. The first-order valence-corrected chi connectivity index (χ1v) is 11.2. The van der Waals surface area contributed by atoms with Gasteiger partial charge in [-0.25, -0.2) is 12.7 Å². The van der Waals surface area contributed by atoms with Gasteiger partial charge in [-0.3, -0.25) is 4.99 Å². The summed E-state index contributed by atoms with van der Waals surface area (Å²) >= 11 is 0.